The summed E-state index contributed by atoms with van der Waals surface area (Å²) in [6.07, 6.45) is 5.25. The van der Waals surface area contributed by atoms with Gasteiger partial charge < -0.3 is 10.6 Å². The topological polar surface area (TPSA) is 46.3 Å². The van der Waals surface area contributed by atoms with Crippen molar-refractivity contribution in [3.63, 3.8) is 0 Å². The van der Waals surface area contributed by atoms with Crippen LogP contribution in [0.15, 0.2) is 24.3 Å². The van der Waals surface area contributed by atoms with E-state index in [1.165, 1.54) is 12.1 Å². The van der Waals surface area contributed by atoms with Gasteiger partial charge in [0.2, 0.25) is 5.91 Å². The average molecular weight is 290 g/mol. The Morgan fingerprint density at radius 3 is 2.76 bits per heavy atom. The summed E-state index contributed by atoms with van der Waals surface area (Å²) in [6, 6.07) is 6.91. The molecule has 0 spiro atoms. The highest BCUT2D eigenvalue weighted by Gasteiger charge is 2.40. The van der Waals surface area contributed by atoms with Crippen LogP contribution in [-0.2, 0) is 11.3 Å². The molecule has 3 nitrogen and oxygen atoms in total. The summed E-state index contributed by atoms with van der Waals surface area (Å²) < 4.78 is 13.3. The summed E-state index contributed by atoms with van der Waals surface area (Å²) in [5, 5.41) is 0. The molecule has 0 aliphatic heterocycles. The average Bonchev–Trinajstić information content (AvgIpc) is 3.20. The fraction of sp³-hybridized carbons (Fsp3) is 0.588. The number of benzene rings is 1. The van der Waals surface area contributed by atoms with Gasteiger partial charge in [0.15, 0.2) is 0 Å². The molecule has 2 fully saturated rings. The first-order valence-electron chi connectivity index (χ1n) is 7.94. The molecule has 1 amide bonds. The minimum absolute atomic E-state index is 0.0733. The van der Waals surface area contributed by atoms with Crippen molar-refractivity contribution in [1.29, 1.82) is 0 Å². The van der Waals surface area contributed by atoms with E-state index in [4.69, 9.17) is 5.73 Å². The molecule has 2 atom stereocenters. The van der Waals surface area contributed by atoms with E-state index in [0.717, 1.165) is 37.7 Å². The molecule has 2 saturated carbocycles. The Hall–Kier alpha value is -1.42. The van der Waals surface area contributed by atoms with Crippen LogP contribution in [0.4, 0.5) is 4.39 Å². The van der Waals surface area contributed by atoms with Gasteiger partial charge in [0, 0.05) is 18.5 Å². The molecule has 2 aliphatic rings. The molecule has 0 aromatic heterocycles. The maximum absolute atomic E-state index is 13.3. The smallest absolute Gasteiger partial charge is 0.226 e. The summed E-state index contributed by atoms with van der Waals surface area (Å²) in [6.45, 7) is 1.12. The molecule has 0 bridgehead atoms. The fourth-order valence-corrected chi connectivity index (χ4v) is 3.46. The van der Waals surface area contributed by atoms with Crippen molar-refractivity contribution in [3.8, 4) is 0 Å². The van der Waals surface area contributed by atoms with Gasteiger partial charge in [0.1, 0.15) is 5.82 Å². The molecule has 2 aliphatic carbocycles. The molecule has 114 valence electrons. The van der Waals surface area contributed by atoms with Crippen LogP contribution in [-0.4, -0.2) is 23.4 Å². The molecule has 2 unspecified atom stereocenters. The van der Waals surface area contributed by atoms with Gasteiger partial charge in [0.25, 0.3) is 0 Å². The van der Waals surface area contributed by atoms with E-state index >= 15 is 0 Å². The zero-order valence-electron chi connectivity index (χ0n) is 12.3. The Labute approximate surface area is 125 Å². The zero-order chi connectivity index (χ0) is 14.8. The lowest BCUT2D eigenvalue weighted by Crippen LogP contribution is -2.40. The summed E-state index contributed by atoms with van der Waals surface area (Å²) in [5.41, 5.74) is 6.68. The quantitative estimate of drug-likeness (QED) is 0.906. The number of halogens is 1. The van der Waals surface area contributed by atoms with Crippen LogP contribution in [0.3, 0.4) is 0 Å². The Morgan fingerprint density at radius 1 is 1.29 bits per heavy atom. The summed E-state index contributed by atoms with van der Waals surface area (Å²) in [7, 11) is 0. The number of carbonyl (C=O) groups excluding carboxylic acids is 1. The number of hydrogen-bond donors (Lipinski definition) is 1. The van der Waals surface area contributed by atoms with Crippen molar-refractivity contribution in [2.24, 2.45) is 17.6 Å². The molecule has 21 heavy (non-hydrogen) atoms. The second-order valence-electron chi connectivity index (χ2n) is 6.36. The van der Waals surface area contributed by atoms with Gasteiger partial charge in [-0.2, -0.15) is 0 Å². The third kappa shape index (κ3) is 3.26. The van der Waals surface area contributed by atoms with E-state index in [2.05, 4.69) is 0 Å². The number of carbonyl (C=O) groups is 1. The highest BCUT2D eigenvalue weighted by Crippen LogP contribution is 2.36. The lowest BCUT2D eigenvalue weighted by atomic mass is 9.94. The predicted octanol–water partition coefficient (Wildman–Crippen LogP) is 2.69. The first kappa shape index (κ1) is 14.5. The molecule has 0 saturated heterocycles. The first-order valence-corrected chi connectivity index (χ1v) is 7.94. The molecule has 0 radical (unpaired) electrons. The van der Waals surface area contributed by atoms with E-state index < -0.39 is 0 Å². The van der Waals surface area contributed by atoms with Crippen LogP contribution < -0.4 is 5.73 Å². The largest absolute Gasteiger partial charge is 0.335 e. The number of nitrogens with zero attached hydrogens (tertiary/aromatic N) is 1. The lowest BCUT2D eigenvalue weighted by molar-refractivity contribution is -0.137. The molecule has 0 heterocycles. The normalized spacial score (nSPS) is 25.0. The maximum Gasteiger partial charge on any atom is 0.226 e. The molecule has 3 rings (SSSR count). The Balaban J connectivity index is 1.74. The second-order valence-corrected chi connectivity index (χ2v) is 6.36. The van der Waals surface area contributed by atoms with Gasteiger partial charge in [-0.1, -0.05) is 18.6 Å². The Bertz CT molecular complexity index is 515. The van der Waals surface area contributed by atoms with E-state index in [9.17, 15) is 9.18 Å². The number of amides is 1. The molecule has 1 aromatic carbocycles. The zero-order valence-corrected chi connectivity index (χ0v) is 12.3. The van der Waals surface area contributed by atoms with Crippen molar-refractivity contribution < 1.29 is 9.18 Å². The highest BCUT2D eigenvalue weighted by molar-refractivity contribution is 5.80. The lowest BCUT2D eigenvalue weighted by Gasteiger charge is -2.28. The monoisotopic (exact) mass is 290 g/mol. The van der Waals surface area contributed by atoms with Crippen molar-refractivity contribution in [2.75, 3.05) is 6.54 Å². The van der Waals surface area contributed by atoms with Gasteiger partial charge in [0.05, 0.1) is 0 Å². The van der Waals surface area contributed by atoms with Gasteiger partial charge in [-0.15, -0.1) is 0 Å². The molecule has 4 heteroatoms. The third-order valence-electron chi connectivity index (χ3n) is 4.79. The van der Waals surface area contributed by atoms with Crippen LogP contribution in [0.1, 0.15) is 37.7 Å². The summed E-state index contributed by atoms with van der Waals surface area (Å²) in [4.78, 5) is 14.8. The van der Waals surface area contributed by atoms with Gasteiger partial charge in [-0.25, -0.2) is 4.39 Å². The third-order valence-corrected chi connectivity index (χ3v) is 4.79. The standard InChI is InChI=1S/C17H23FN2O/c18-14-5-1-3-12(9-14)11-20(15-7-8-15)17(21)16-6-2-4-13(16)10-19/h1,3,5,9,13,15-16H,2,4,6-8,10-11,19H2. The summed E-state index contributed by atoms with van der Waals surface area (Å²) in [5.74, 6) is 0.390. The number of hydrogen-bond acceptors (Lipinski definition) is 2. The van der Waals surface area contributed by atoms with E-state index in [1.54, 1.807) is 6.07 Å². The van der Waals surface area contributed by atoms with E-state index in [1.807, 2.05) is 11.0 Å². The molecular weight excluding hydrogens is 267 g/mol. The van der Waals surface area contributed by atoms with Crippen LogP contribution in [0, 0.1) is 17.7 Å². The van der Waals surface area contributed by atoms with Gasteiger partial charge in [-0.3, -0.25) is 4.79 Å². The van der Waals surface area contributed by atoms with E-state index in [0.29, 0.717) is 25.0 Å². The highest BCUT2D eigenvalue weighted by atomic mass is 19.1. The van der Waals surface area contributed by atoms with Crippen molar-refractivity contribution in [1.82, 2.24) is 4.90 Å². The van der Waals surface area contributed by atoms with Crippen LogP contribution in [0.25, 0.3) is 0 Å². The molecule has 2 N–H and O–H groups in total. The van der Waals surface area contributed by atoms with Crippen molar-refractivity contribution in [2.45, 2.75) is 44.7 Å². The second kappa shape index (κ2) is 6.14. The first-order chi connectivity index (χ1) is 10.2. The van der Waals surface area contributed by atoms with Crippen LogP contribution in [0.5, 0.6) is 0 Å². The number of nitrogens with two attached hydrogens (primary N) is 1. The van der Waals surface area contributed by atoms with Crippen molar-refractivity contribution >= 4 is 5.91 Å². The summed E-state index contributed by atoms with van der Waals surface area (Å²) >= 11 is 0. The fourth-order valence-electron chi connectivity index (χ4n) is 3.46. The predicted molar refractivity (Wildman–Crippen MR) is 79.9 cm³/mol. The minimum Gasteiger partial charge on any atom is -0.335 e. The SMILES string of the molecule is NCC1CCCC1C(=O)N(Cc1cccc(F)c1)C1CC1. The van der Waals surface area contributed by atoms with Gasteiger partial charge >= 0.3 is 0 Å². The van der Waals surface area contributed by atoms with Crippen molar-refractivity contribution in [3.05, 3.63) is 35.6 Å². The minimum atomic E-state index is -0.239. The van der Waals surface area contributed by atoms with Gasteiger partial charge in [-0.05, 0) is 55.8 Å². The Morgan fingerprint density at radius 2 is 2.10 bits per heavy atom. The van der Waals surface area contributed by atoms with E-state index in [-0.39, 0.29) is 17.6 Å². The van der Waals surface area contributed by atoms with Crippen LogP contribution in [0.2, 0.25) is 0 Å². The maximum atomic E-state index is 13.3. The van der Waals surface area contributed by atoms with Crippen LogP contribution >= 0.6 is 0 Å². The molecule has 1 aromatic rings. The molecular formula is C17H23FN2O. The Kier molecular flexibility index (Phi) is 4.24. The number of rotatable bonds is 5.